The van der Waals surface area contributed by atoms with Gasteiger partial charge in [0.1, 0.15) is 16.4 Å². The van der Waals surface area contributed by atoms with Crippen molar-refractivity contribution in [2.75, 3.05) is 12.4 Å². The zero-order valence-electron chi connectivity index (χ0n) is 18.7. The van der Waals surface area contributed by atoms with E-state index in [1.807, 2.05) is 43.3 Å². The molecule has 0 aliphatic heterocycles. The van der Waals surface area contributed by atoms with Crippen molar-refractivity contribution in [2.45, 2.75) is 13.8 Å². The Morgan fingerprint density at radius 2 is 1.91 bits per heavy atom. The molecule has 1 heterocycles. The highest BCUT2D eigenvalue weighted by Gasteiger charge is 2.19. The second-order valence-electron chi connectivity index (χ2n) is 7.71. The number of rotatable bonds is 6. The van der Waals surface area contributed by atoms with Gasteiger partial charge in [-0.15, -0.1) is 0 Å². The number of nitrogens with one attached hydrogen (secondary N) is 1. The molecule has 1 amide bonds. The summed E-state index contributed by atoms with van der Waals surface area (Å²) in [6.07, 6.45) is 3.14. The van der Waals surface area contributed by atoms with Gasteiger partial charge in [0, 0.05) is 39.9 Å². The van der Waals surface area contributed by atoms with Gasteiger partial charge in [-0.25, -0.2) is 0 Å². The van der Waals surface area contributed by atoms with E-state index in [0.717, 1.165) is 27.6 Å². The maximum Gasteiger partial charge on any atom is 0.289 e. The number of nitrogens with zero attached hydrogens (tertiary/aromatic N) is 1. The number of aryl methyl sites for hydroxylation is 1. The number of amides is 1. The van der Waals surface area contributed by atoms with Crippen LogP contribution in [0.25, 0.3) is 27.7 Å². The number of halogens is 1. The highest BCUT2D eigenvalue weighted by atomic mass is 35.5. The molecule has 34 heavy (non-hydrogen) atoms. The lowest BCUT2D eigenvalue weighted by atomic mass is 9.96. The van der Waals surface area contributed by atoms with Gasteiger partial charge >= 0.3 is 0 Å². The lowest BCUT2D eigenvalue weighted by Crippen LogP contribution is -2.09. The predicted octanol–water partition coefficient (Wildman–Crippen LogP) is 7.02. The molecule has 0 radical (unpaired) electrons. The average molecular weight is 477 g/mol. The number of nitro benzene ring substituents is 1. The fourth-order valence-corrected chi connectivity index (χ4v) is 4.08. The van der Waals surface area contributed by atoms with Gasteiger partial charge in [-0.1, -0.05) is 41.9 Å². The molecule has 4 rings (SSSR count). The van der Waals surface area contributed by atoms with Crippen LogP contribution in [0.5, 0.6) is 5.75 Å². The number of hydrogen-bond acceptors (Lipinski definition) is 5. The van der Waals surface area contributed by atoms with E-state index in [9.17, 15) is 14.9 Å². The summed E-state index contributed by atoms with van der Waals surface area (Å²) in [5, 5.41) is 14.7. The summed E-state index contributed by atoms with van der Waals surface area (Å²) >= 11 is 5.85. The third-order valence-corrected chi connectivity index (χ3v) is 5.84. The van der Waals surface area contributed by atoms with Crippen LogP contribution in [-0.4, -0.2) is 17.9 Å². The Morgan fingerprint density at radius 1 is 1.18 bits per heavy atom. The van der Waals surface area contributed by atoms with E-state index in [1.165, 1.54) is 24.3 Å². The lowest BCUT2D eigenvalue weighted by Gasteiger charge is -2.13. The number of carbonyl (C=O) groups excluding carboxylic acids is 1. The molecule has 1 aromatic heterocycles. The van der Waals surface area contributed by atoms with Crippen molar-refractivity contribution in [3.63, 3.8) is 0 Å². The van der Waals surface area contributed by atoms with Crippen molar-refractivity contribution in [1.82, 2.24) is 0 Å². The number of hydrogen-bond donors (Lipinski definition) is 1. The number of anilines is 1. The summed E-state index contributed by atoms with van der Waals surface area (Å²) in [5.74, 6) is 0.162. The Hall–Kier alpha value is -4.10. The molecule has 0 spiro atoms. The van der Waals surface area contributed by atoms with Gasteiger partial charge < -0.3 is 14.5 Å². The summed E-state index contributed by atoms with van der Waals surface area (Å²) < 4.78 is 11.5. The van der Waals surface area contributed by atoms with Crippen LogP contribution in [0.2, 0.25) is 5.02 Å². The van der Waals surface area contributed by atoms with Crippen LogP contribution < -0.4 is 10.1 Å². The van der Waals surface area contributed by atoms with E-state index < -0.39 is 10.8 Å². The van der Waals surface area contributed by atoms with E-state index in [2.05, 4.69) is 5.32 Å². The second-order valence-corrected chi connectivity index (χ2v) is 8.12. The van der Waals surface area contributed by atoms with Crippen LogP contribution >= 0.6 is 11.6 Å². The van der Waals surface area contributed by atoms with Crippen molar-refractivity contribution in [2.24, 2.45) is 0 Å². The molecule has 0 saturated heterocycles. The van der Waals surface area contributed by atoms with E-state index >= 15 is 0 Å². The first-order valence-corrected chi connectivity index (χ1v) is 10.8. The minimum Gasteiger partial charge on any atom is -0.496 e. The highest BCUT2D eigenvalue weighted by Crippen LogP contribution is 2.40. The van der Waals surface area contributed by atoms with Crippen molar-refractivity contribution >= 4 is 45.4 Å². The largest absolute Gasteiger partial charge is 0.496 e. The first-order valence-electron chi connectivity index (χ1n) is 10.4. The van der Waals surface area contributed by atoms with Gasteiger partial charge in [-0.2, -0.15) is 0 Å². The van der Waals surface area contributed by atoms with Crippen molar-refractivity contribution in [3.8, 4) is 16.9 Å². The van der Waals surface area contributed by atoms with Gasteiger partial charge in [0.2, 0.25) is 5.91 Å². The number of nitro groups is 1. The van der Waals surface area contributed by atoms with Gasteiger partial charge in [0.25, 0.3) is 5.69 Å². The molecule has 3 aromatic carbocycles. The zero-order valence-corrected chi connectivity index (χ0v) is 19.5. The molecule has 172 valence electrons. The minimum absolute atomic E-state index is 0.00225. The Balaban J connectivity index is 1.72. The molecule has 8 heteroatoms. The SMILES string of the molecule is COc1c(/C(C)=C/C(=O)Nc2ccc(Cl)c([N+](=O)[O-])c2)cc2c(-c3ccccc3)coc2c1C. The molecule has 0 bridgehead atoms. The molecule has 4 aromatic rings. The third kappa shape index (κ3) is 4.38. The molecular weight excluding hydrogens is 456 g/mol. The maximum atomic E-state index is 12.7. The zero-order chi connectivity index (χ0) is 24.4. The van der Waals surface area contributed by atoms with Crippen LogP contribution in [0.4, 0.5) is 11.4 Å². The maximum absolute atomic E-state index is 12.7. The molecule has 0 saturated carbocycles. The average Bonchev–Trinajstić information content (AvgIpc) is 3.25. The highest BCUT2D eigenvalue weighted by molar-refractivity contribution is 6.32. The van der Waals surface area contributed by atoms with Gasteiger partial charge in [0.15, 0.2) is 0 Å². The fourth-order valence-electron chi connectivity index (χ4n) is 3.90. The molecule has 0 fully saturated rings. The number of carbonyl (C=O) groups is 1. The summed E-state index contributed by atoms with van der Waals surface area (Å²) in [5.41, 5.74) is 4.87. The van der Waals surface area contributed by atoms with Gasteiger partial charge in [0.05, 0.1) is 18.3 Å². The third-order valence-electron chi connectivity index (χ3n) is 5.52. The second kappa shape index (κ2) is 9.41. The smallest absolute Gasteiger partial charge is 0.289 e. The monoisotopic (exact) mass is 476 g/mol. The van der Waals surface area contributed by atoms with Crippen molar-refractivity contribution in [3.05, 3.63) is 93.2 Å². The van der Waals surface area contributed by atoms with Crippen molar-refractivity contribution < 1.29 is 18.9 Å². The molecule has 0 unspecified atom stereocenters. The predicted molar refractivity (Wildman–Crippen MR) is 133 cm³/mol. The van der Waals surface area contributed by atoms with Crippen LogP contribution in [-0.2, 0) is 4.79 Å². The number of methoxy groups -OCH3 is 1. The van der Waals surface area contributed by atoms with Gasteiger partial charge in [-0.05, 0) is 43.2 Å². The van der Waals surface area contributed by atoms with Crippen LogP contribution in [0, 0.1) is 17.0 Å². The molecule has 1 N–H and O–H groups in total. The first kappa shape index (κ1) is 23.1. The number of allylic oxidation sites excluding steroid dienone is 1. The first-order chi connectivity index (χ1) is 16.3. The Bertz CT molecular complexity index is 1440. The Kier molecular flexibility index (Phi) is 6.38. The lowest BCUT2D eigenvalue weighted by molar-refractivity contribution is -0.384. The standard InChI is InChI=1S/C26H21ClN2O5/c1-15(11-24(30)28-18-9-10-22(27)23(12-18)29(31)32)19-13-20-21(17-7-5-4-6-8-17)14-34-26(20)16(2)25(19)33-3/h4-14H,1-3H3,(H,28,30)/b15-11+. The number of fused-ring (bicyclic) bond motifs is 1. The van der Waals surface area contributed by atoms with Crippen LogP contribution in [0.3, 0.4) is 0 Å². The van der Waals surface area contributed by atoms with E-state index in [0.29, 0.717) is 16.9 Å². The van der Waals surface area contributed by atoms with E-state index in [1.54, 1.807) is 20.3 Å². The number of benzene rings is 3. The summed E-state index contributed by atoms with van der Waals surface area (Å²) in [7, 11) is 1.57. The van der Waals surface area contributed by atoms with Crippen LogP contribution in [0.15, 0.2) is 71.4 Å². The van der Waals surface area contributed by atoms with Crippen molar-refractivity contribution in [1.29, 1.82) is 0 Å². The minimum atomic E-state index is -0.600. The molecule has 0 atom stereocenters. The summed E-state index contributed by atoms with van der Waals surface area (Å²) in [4.78, 5) is 23.2. The Labute approximate surface area is 200 Å². The number of furan rings is 1. The number of ether oxygens (including phenoxy) is 1. The topological polar surface area (TPSA) is 94.6 Å². The molecule has 0 aliphatic rings. The van der Waals surface area contributed by atoms with Crippen LogP contribution in [0.1, 0.15) is 18.1 Å². The summed E-state index contributed by atoms with van der Waals surface area (Å²) in [6.45, 7) is 3.71. The van der Waals surface area contributed by atoms with Gasteiger partial charge in [-0.3, -0.25) is 14.9 Å². The summed E-state index contributed by atoms with van der Waals surface area (Å²) in [6, 6.07) is 15.9. The molecular formula is C26H21ClN2O5. The van der Waals surface area contributed by atoms with E-state index in [-0.39, 0.29) is 16.4 Å². The fraction of sp³-hybridized carbons (Fsp3) is 0.115. The Morgan fingerprint density at radius 3 is 2.59 bits per heavy atom. The normalized spacial score (nSPS) is 11.5. The quantitative estimate of drug-likeness (QED) is 0.183. The molecule has 0 aliphatic carbocycles. The van der Waals surface area contributed by atoms with E-state index in [4.69, 9.17) is 20.8 Å². The molecule has 7 nitrogen and oxygen atoms in total.